The number of anilines is 3. The predicted molar refractivity (Wildman–Crippen MR) is 133 cm³/mol. The first-order chi connectivity index (χ1) is 16.0. The van der Waals surface area contributed by atoms with Crippen molar-refractivity contribution in [2.75, 3.05) is 15.5 Å². The minimum atomic E-state index is -0.603. The van der Waals surface area contributed by atoms with E-state index in [1.807, 2.05) is 36.4 Å². The molecule has 2 aliphatic rings. The van der Waals surface area contributed by atoms with Gasteiger partial charge in [-0.25, -0.2) is 4.79 Å². The number of hydrogen-bond donors (Lipinski definition) is 2. The number of fused-ring (bicyclic) bond motifs is 1. The molecule has 0 radical (unpaired) electrons. The molecular weight excluding hydrogens is 457 g/mol. The third-order valence-electron chi connectivity index (χ3n) is 5.94. The number of rotatable bonds is 2. The standard InChI is InChI=1S/C26H21Cl2N3O2/c27-17-10-8-16(9-11-17)25-24-21(5-3-7-23(24)32)30-20-4-1-2-6-22(20)31(25)26(33)29-19-14-12-18(28)13-15-19/h1-2,4,6,8-15,25,30H,3,5,7H2,(H,29,33)/t25-/m0/s1. The van der Waals surface area contributed by atoms with E-state index >= 15 is 0 Å². The zero-order valence-corrected chi connectivity index (χ0v) is 19.2. The van der Waals surface area contributed by atoms with Crippen LogP contribution in [0.4, 0.5) is 21.9 Å². The van der Waals surface area contributed by atoms with Crippen LogP contribution in [0, 0.1) is 0 Å². The Labute approximate surface area is 202 Å². The second-order valence-corrected chi connectivity index (χ2v) is 8.95. The summed E-state index contributed by atoms with van der Waals surface area (Å²) >= 11 is 12.2. The summed E-state index contributed by atoms with van der Waals surface area (Å²) in [5.41, 5.74) is 4.37. The van der Waals surface area contributed by atoms with Crippen molar-refractivity contribution in [2.24, 2.45) is 0 Å². The van der Waals surface area contributed by atoms with Gasteiger partial charge >= 0.3 is 6.03 Å². The van der Waals surface area contributed by atoms with Crippen molar-refractivity contribution in [3.05, 3.63) is 99.7 Å². The van der Waals surface area contributed by atoms with Gasteiger partial charge in [-0.05, 0) is 66.9 Å². The molecule has 7 heteroatoms. The Bertz CT molecular complexity index is 1250. The van der Waals surface area contributed by atoms with E-state index in [2.05, 4.69) is 10.6 Å². The topological polar surface area (TPSA) is 61.4 Å². The van der Waals surface area contributed by atoms with Gasteiger partial charge in [0.2, 0.25) is 0 Å². The number of ketones is 1. The fraction of sp³-hybridized carbons (Fsp3) is 0.154. The molecule has 2 amide bonds. The molecule has 1 atom stereocenters. The van der Waals surface area contributed by atoms with Gasteiger partial charge in [0.05, 0.1) is 17.4 Å². The fourth-order valence-corrected chi connectivity index (χ4v) is 4.69. The summed E-state index contributed by atoms with van der Waals surface area (Å²) < 4.78 is 0. The summed E-state index contributed by atoms with van der Waals surface area (Å²) in [6.07, 6.45) is 1.97. The number of Topliss-reactive ketones (excluding diaryl/α,β-unsaturated/α-hetero) is 1. The van der Waals surface area contributed by atoms with Crippen LogP contribution in [0.25, 0.3) is 0 Å². The molecular formula is C26H21Cl2N3O2. The highest BCUT2D eigenvalue weighted by molar-refractivity contribution is 6.31. The lowest BCUT2D eigenvalue weighted by atomic mass is 9.86. The Kier molecular flexibility index (Phi) is 5.83. The molecule has 0 saturated heterocycles. The first kappa shape index (κ1) is 21.6. The van der Waals surface area contributed by atoms with Crippen molar-refractivity contribution >= 4 is 52.1 Å². The largest absolute Gasteiger partial charge is 0.357 e. The molecule has 0 aromatic heterocycles. The number of hydrogen-bond acceptors (Lipinski definition) is 3. The molecule has 1 aliphatic carbocycles. The maximum Gasteiger partial charge on any atom is 0.327 e. The van der Waals surface area contributed by atoms with Crippen LogP contribution in [-0.2, 0) is 4.79 Å². The van der Waals surface area contributed by atoms with Crippen LogP contribution in [0.15, 0.2) is 84.1 Å². The van der Waals surface area contributed by atoms with E-state index < -0.39 is 6.04 Å². The van der Waals surface area contributed by atoms with Gasteiger partial charge in [0, 0.05) is 33.4 Å². The highest BCUT2D eigenvalue weighted by atomic mass is 35.5. The quantitative estimate of drug-likeness (QED) is 0.409. The summed E-state index contributed by atoms with van der Waals surface area (Å²) in [4.78, 5) is 28.7. The van der Waals surface area contributed by atoms with Crippen LogP contribution in [0.2, 0.25) is 10.0 Å². The Hall–Kier alpha value is -3.28. The molecule has 1 aliphatic heterocycles. The SMILES string of the molecule is O=C1CCCC2=C1[C@H](c1ccc(Cl)cc1)N(C(=O)Nc1ccc(Cl)cc1)c1ccccc1N2. The van der Waals surface area contributed by atoms with Crippen LogP contribution in [0.5, 0.6) is 0 Å². The molecule has 2 N–H and O–H groups in total. The zero-order chi connectivity index (χ0) is 22.9. The molecule has 33 heavy (non-hydrogen) atoms. The van der Waals surface area contributed by atoms with Gasteiger partial charge in [0.15, 0.2) is 5.78 Å². The van der Waals surface area contributed by atoms with Crippen LogP contribution in [0.3, 0.4) is 0 Å². The number of allylic oxidation sites excluding steroid dienone is 1. The average molecular weight is 478 g/mol. The normalized spacial score (nSPS) is 17.6. The number of nitrogens with one attached hydrogen (secondary N) is 2. The summed E-state index contributed by atoms with van der Waals surface area (Å²) in [6.45, 7) is 0. The van der Waals surface area contributed by atoms with E-state index in [0.29, 0.717) is 33.4 Å². The number of para-hydroxylation sites is 2. The van der Waals surface area contributed by atoms with Gasteiger partial charge in [-0.2, -0.15) is 0 Å². The van der Waals surface area contributed by atoms with Crippen molar-refractivity contribution < 1.29 is 9.59 Å². The van der Waals surface area contributed by atoms with E-state index in [1.165, 1.54) is 0 Å². The van der Waals surface area contributed by atoms with Gasteiger partial charge in [0.25, 0.3) is 0 Å². The number of urea groups is 1. The molecule has 3 aromatic rings. The monoisotopic (exact) mass is 477 g/mol. The minimum absolute atomic E-state index is 0.0424. The van der Waals surface area contributed by atoms with Crippen LogP contribution >= 0.6 is 23.2 Å². The molecule has 0 spiro atoms. The molecule has 5 nitrogen and oxygen atoms in total. The van der Waals surface area contributed by atoms with Gasteiger partial charge < -0.3 is 10.6 Å². The van der Waals surface area contributed by atoms with Crippen LogP contribution in [0.1, 0.15) is 30.9 Å². The van der Waals surface area contributed by atoms with Crippen LogP contribution < -0.4 is 15.5 Å². The van der Waals surface area contributed by atoms with Crippen molar-refractivity contribution in [3.63, 3.8) is 0 Å². The third kappa shape index (κ3) is 4.22. The maximum atomic E-state index is 13.8. The average Bonchev–Trinajstić information content (AvgIpc) is 2.96. The van der Waals surface area contributed by atoms with E-state index in [-0.39, 0.29) is 11.8 Å². The Balaban J connectivity index is 1.68. The van der Waals surface area contributed by atoms with Crippen molar-refractivity contribution in [3.8, 4) is 0 Å². The second-order valence-electron chi connectivity index (χ2n) is 8.07. The second kappa shape index (κ2) is 8.93. The Morgan fingerprint density at radius 2 is 1.58 bits per heavy atom. The molecule has 0 unspecified atom stereocenters. The van der Waals surface area contributed by atoms with Crippen molar-refractivity contribution in [1.82, 2.24) is 0 Å². The fourth-order valence-electron chi connectivity index (χ4n) is 4.44. The van der Waals surface area contributed by atoms with Gasteiger partial charge in [-0.3, -0.25) is 9.69 Å². The summed E-state index contributed by atoms with van der Waals surface area (Å²) in [5.74, 6) is 0.0424. The molecule has 5 rings (SSSR count). The lowest BCUT2D eigenvalue weighted by Crippen LogP contribution is -2.40. The van der Waals surface area contributed by atoms with E-state index in [1.54, 1.807) is 41.3 Å². The van der Waals surface area contributed by atoms with E-state index in [4.69, 9.17) is 23.2 Å². The molecule has 1 heterocycles. The van der Waals surface area contributed by atoms with E-state index in [9.17, 15) is 9.59 Å². The first-order valence-corrected chi connectivity index (χ1v) is 11.5. The van der Waals surface area contributed by atoms with Crippen molar-refractivity contribution in [1.29, 1.82) is 0 Å². The van der Waals surface area contributed by atoms with Gasteiger partial charge in [-0.1, -0.05) is 47.5 Å². The first-order valence-electron chi connectivity index (χ1n) is 10.7. The number of halogens is 2. The van der Waals surface area contributed by atoms with Gasteiger partial charge in [0.1, 0.15) is 0 Å². The smallest absolute Gasteiger partial charge is 0.327 e. The number of carbonyl (C=O) groups excluding carboxylic acids is 2. The number of carbonyl (C=O) groups is 2. The zero-order valence-electron chi connectivity index (χ0n) is 17.6. The van der Waals surface area contributed by atoms with Gasteiger partial charge in [-0.15, -0.1) is 0 Å². The highest BCUT2D eigenvalue weighted by Crippen LogP contribution is 2.45. The Morgan fingerprint density at radius 1 is 0.909 bits per heavy atom. The lowest BCUT2D eigenvalue weighted by Gasteiger charge is -2.34. The molecule has 0 bridgehead atoms. The van der Waals surface area contributed by atoms with Crippen molar-refractivity contribution in [2.45, 2.75) is 25.3 Å². The predicted octanol–water partition coefficient (Wildman–Crippen LogP) is 7.21. The molecule has 0 saturated carbocycles. The number of benzene rings is 3. The van der Waals surface area contributed by atoms with Crippen LogP contribution in [-0.4, -0.2) is 11.8 Å². The summed E-state index contributed by atoms with van der Waals surface area (Å²) in [5, 5.41) is 7.59. The number of amides is 2. The summed E-state index contributed by atoms with van der Waals surface area (Å²) in [6, 6.07) is 20.9. The third-order valence-corrected chi connectivity index (χ3v) is 6.44. The van der Waals surface area contributed by atoms with E-state index in [0.717, 1.165) is 29.8 Å². The number of nitrogens with zero attached hydrogens (tertiary/aromatic N) is 1. The molecule has 166 valence electrons. The summed E-state index contributed by atoms with van der Waals surface area (Å²) in [7, 11) is 0. The lowest BCUT2D eigenvalue weighted by molar-refractivity contribution is -0.116. The highest BCUT2D eigenvalue weighted by Gasteiger charge is 2.39. The minimum Gasteiger partial charge on any atom is -0.357 e. The maximum absolute atomic E-state index is 13.8. The molecule has 0 fully saturated rings. The molecule has 3 aromatic carbocycles. The Morgan fingerprint density at radius 3 is 2.30 bits per heavy atom.